The second-order valence-electron chi connectivity index (χ2n) is 17.9. The maximum atomic E-state index is 14.3. The van der Waals surface area contributed by atoms with Crippen molar-refractivity contribution in [1.82, 2.24) is 26.2 Å². The van der Waals surface area contributed by atoms with Crippen molar-refractivity contribution in [2.45, 2.75) is 172 Å². The smallest absolute Gasteiger partial charge is 0.245 e. The lowest BCUT2D eigenvalue weighted by Gasteiger charge is -2.55. The van der Waals surface area contributed by atoms with E-state index in [-0.39, 0.29) is 49.7 Å². The van der Waals surface area contributed by atoms with Crippen LogP contribution in [-0.2, 0) is 33.4 Å². The average molecular weight is 802 g/mol. The summed E-state index contributed by atoms with van der Waals surface area (Å²) in [7, 11) is 1.66. The molecule has 16 nitrogen and oxygen atoms in total. The van der Waals surface area contributed by atoms with Crippen molar-refractivity contribution in [2.24, 2.45) is 45.4 Å². The number of likely N-dealkylation sites (N-methyl/N-ethyl adjacent to an activating group) is 1. The summed E-state index contributed by atoms with van der Waals surface area (Å²) in [5.41, 5.74) is 17.6. The van der Waals surface area contributed by atoms with E-state index < -0.39 is 65.9 Å². The number of guanidine groups is 1. The van der Waals surface area contributed by atoms with E-state index in [1.54, 1.807) is 7.05 Å². The Balaban J connectivity index is 1.41. The Morgan fingerprint density at radius 3 is 2.12 bits per heavy atom. The fraction of sp³-hybridized carbons (Fsp3) is 0.854. The Hall–Kier alpha value is -3.50. The van der Waals surface area contributed by atoms with E-state index in [2.05, 4.69) is 26.3 Å². The van der Waals surface area contributed by atoms with Crippen LogP contribution in [0.1, 0.15) is 124 Å². The number of rotatable bonds is 10. The van der Waals surface area contributed by atoms with Gasteiger partial charge in [-0.15, -0.1) is 0 Å². The predicted molar refractivity (Wildman–Crippen MR) is 216 cm³/mol. The third kappa shape index (κ3) is 11.8. The molecule has 16 heteroatoms. The van der Waals surface area contributed by atoms with Gasteiger partial charge in [-0.25, -0.2) is 0 Å². The number of ether oxygens (including phenoxy) is 2. The summed E-state index contributed by atoms with van der Waals surface area (Å²) in [6, 6.07) is -4.64. The van der Waals surface area contributed by atoms with Crippen LogP contribution in [0.15, 0.2) is 4.99 Å². The van der Waals surface area contributed by atoms with E-state index in [0.717, 1.165) is 51.4 Å². The number of carbonyl (C=O) groups excluding carboxylic acids is 5. The molecule has 322 valence electrons. The van der Waals surface area contributed by atoms with Crippen LogP contribution in [-0.4, -0.2) is 116 Å². The minimum atomic E-state index is -1.20. The van der Waals surface area contributed by atoms with Gasteiger partial charge in [-0.1, -0.05) is 52.4 Å². The predicted octanol–water partition coefficient (Wildman–Crippen LogP) is 1.33. The van der Waals surface area contributed by atoms with Gasteiger partial charge in [0.1, 0.15) is 24.2 Å². The van der Waals surface area contributed by atoms with Gasteiger partial charge in [-0.2, -0.15) is 0 Å². The highest BCUT2D eigenvalue weighted by Gasteiger charge is 2.49. The van der Waals surface area contributed by atoms with E-state index in [0.29, 0.717) is 43.4 Å². The third-order valence-corrected chi connectivity index (χ3v) is 13.4. The second kappa shape index (κ2) is 20.5. The Morgan fingerprint density at radius 2 is 1.53 bits per heavy atom. The van der Waals surface area contributed by atoms with Crippen LogP contribution in [0.3, 0.4) is 0 Å². The zero-order valence-corrected chi connectivity index (χ0v) is 34.8. The van der Waals surface area contributed by atoms with Crippen LogP contribution >= 0.6 is 0 Å². The number of nitrogens with two attached hydrogens (primary N) is 3. The van der Waals surface area contributed by atoms with E-state index in [9.17, 15) is 24.0 Å². The normalized spacial score (nSPS) is 34.1. The first-order valence-corrected chi connectivity index (χ1v) is 21.7. The highest BCUT2D eigenvalue weighted by molar-refractivity contribution is 5.96. The first kappa shape index (κ1) is 44.6. The molecule has 5 amide bonds. The molecule has 10 N–H and O–H groups in total. The Morgan fingerprint density at radius 1 is 0.877 bits per heavy atom. The fourth-order valence-electron chi connectivity index (χ4n) is 9.68. The third-order valence-electron chi connectivity index (χ3n) is 13.4. The molecule has 5 aliphatic rings. The van der Waals surface area contributed by atoms with E-state index in [1.165, 1.54) is 24.2 Å². The molecule has 0 bridgehead atoms. The van der Waals surface area contributed by atoms with Crippen LogP contribution in [0.5, 0.6) is 0 Å². The number of aliphatic imine (C=N–C) groups is 1. The minimum Gasteiger partial charge on any atom is -0.375 e. The molecule has 1 spiro atoms. The summed E-state index contributed by atoms with van der Waals surface area (Å²) in [6.45, 7) is 5.38. The maximum absolute atomic E-state index is 14.3. The van der Waals surface area contributed by atoms with Crippen LogP contribution < -0.4 is 38.5 Å². The number of hydrogen-bond acceptors (Lipinski definition) is 9. The van der Waals surface area contributed by atoms with Gasteiger partial charge in [0.25, 0.3) is 0 Å². The minimum absolute atomic E-state index is 0.000249. The summed E-state index contributed by atoms with van der Waals surface area (Å²) >= 11 is 0. The molecule has 1 saturated heterocycles. The highest BCUT2D eigenvalue weighted by atomic mass is 16.5. The summed E-state index contributed by atoms with van der Waals surface area (Å²) in [4.78, 5) is 76.2. The van der Waals surface area contributed by atoms with Gasteiger partial charge in [0.05, 0.1) is 37.4 Å². The molecule has 4 saturated carbocycles. The zero-order chi connectivity index (χ0) is 41.3. The number of nitrogens with one attached hydrogen (secondary N) is 4. The van der Waals surface area contributed by atoms with Crippen molar-refractivity contribution >= 4 is 35.5 Å². The zero-order valence-electron chi connectivity index (χ0n) is 34.8. The van der Waals surface area contributed by atoms with Crippen molar-refractivity contribution in [3.05, 3.63) is 0 Å². The molecular weight excluding hydrogens is 731 g/mol. The van der Waals surface area contributed by atoms with E-state index in [1.807, 2.05) is 20.8 Å². The van der Waals surface area contributed by atoms with Gasteiger partial charge >= 0.3 is 0 Å². The van der Waals surface area contributed by atoms with Crippen LogP contribution in [0.4, 0.5) is 0 Å². The quantitative estimate of drug-likeness (QED) is 0.0949. The molecule has 0 aromatic rings. The van der Waals surface area contributed by atoms with Gasteiger partial charge in [0.15, 0.2) is 5.96 Å². The molecule has 7 atom stereocenters. The lowest BCUT2D eigenvalue weighted by molar-refractivity contribution is -0.148. The SMILES string of the molecule is CCCC1C(=O)NC(C2CCCCCC2)C(=O)NC(CN)C(=O)NC(COC2CC(N=C(N)N)C2)C(=O)N[C@H](C)CO[C@H](CC2CC3(CCC3)C2)C(C)C(=O)N1C. The van der Waals surface area contributed by atoms with Gasteiger partial charge in [0.2, 0.25) is 29.5 Å². The van der Waals surface area contributed by atoms with Gasteiger partial charge < -0.3 is 52.8 Å². The largest absolute Gasteiger partial charge is 0.375 e. The van der Waals surface area contributed by atoms with Crippen molar-refractivity contribution in [1.29, 1.82) is 0 Å². The number of hydrogen-bond donors (Lipinski definition) is 7. The molecule has 4 aliphatic carbocycles. The number of carbonyl (C=O) groups is 5. The standard InChI is InChI=1S/C41H71N9O7/c1-5-11-32-37(53)49-34(27-12-8-6-7-9-13-27)38(54)47-30(21-42)35(51)48-31(23-56-29-17-28(18-29)46-40(43)44)36(52)45-24(2)22-57-33(25(3)39(55)50(32)4)16-26-19-41(20-26)14-10-15-41/h24-34H,5-23,42H2,1-4H3,(H,45,52)(H,47,54)(H,48,51)(H,49,53)(H4,43,44,46)/t24-,25?,28?,29?,30?,31?,32?,33-,34?/m1/s1. The molecule has 0 aromatic carbocycles. The fourth-order valence-corrected chi connectivity index (χ4v) is 9.68. The summed E-state index contributed by atoms with van der Waals surface area (Å²) < 4.78 is 12.6. The van der Waals surface area contributed by atoms with Crippen LogP contribution in [0.2, 0.25) is 0 Å². The molecule has 0 aromatic heterocycles. The molecule has 0 radical (unpaired) electrons. The monoisotopic (exact) mass is 802 g/mol. The molecule has 1 heterocycles. The Bertz CT molecular complexity index is 1420. The molecule has 5 fully saturated rings. The molecule has 1 aliphatic heterocycles. The van der Waals surface area contributed by atoms with Crippen LogP contribution in [0, 0.1) is 23.2 Å². The lowest BCUT2D eigenvalue weighted by atomic mass is 9.51. The first-order chi connectivity index (χ1) is 27.2. The first-order valence-electron chi connectivity index (χ1n) is 21.7. The lowest BCUT2D eigenvalue weighted by Crippen LogP contribution is -2.62. The summed E-state index contributed by atoms with van der Waals surface area (Å²) in [6.07, 6.45) is 13.6. The molecule has 5 unspecified atom stereocenters. The van der Waals surface area contributed by atoms with Crippen molar-refractivity contribution in [3.8, 4) is 0 Å². The van der Waals surface area contributed by atoms with E-state index >= 15 is 0 Å². The Kier molecular flexibility index (Phi) is 16.0. The second-order valence-corrected chi connectivity index (χ2v) is 17.9. The van der Waals surface area contributed by atoms with E-state index in [4.69, 9.17) is 26.7 Å². The molecular formula is C41H71N9O7. The maximum Gasteiger partial charge on any atom is 0.245 e. The summed E-state index contributed by atoms with van der Waals surface area (Å²) in [5, 5.41) is 11.6. The van der Waals surface area contributed by atoms with Crippen molar-refractivity contribution < 1.29 is 33.4 Å². The number of amides is 5. The summed E-state index contributed by atoms with van der Waals surface area (Å²) in [5.74, 6) is -2.59. The molecule has 57 heavy (non-hydrogen) atoms. The van der Waals surface area contributed by atoms with Gasteiger partial charge in [0, 0.05) is 19.6 Å². The number of nitrogens with zero attached hydrogens (tertiary/aromatic N) is 2. The van der Waals surface area contributed by atoms with Crippen molar-refractivity contribution in [3.63, 3.8) is 0 Å². The van der Waals surface area contributed by atoms with Gasteiger partial charge in [-0.05, 0) is 88.4 Å². The van der Waals surface area contributed by atoms with Gasteiger partial charge in [-0.3, -0.25) is 29.0 Å². The average Bonchev–Trinajstić information content (AvgIpc) is 3.41. The highest BCUT2D eigenvalue weighted by Crippen LogP contribution is 2.60. The molecule has 5 rings (SSSR count). The topological polar surface area (TPSA) is 246 Å². The van der Waals surface area contributed by atoms with Crippen LogP contribution in [0.25, 0.3) is 0 Å². The van der Waals surface area contributed by atoms with Crippen molar-refractivity contribution in [2.75, 3.05) is 26.8 Å². The Labute approximate surface area is 338 Å².